The van der Waals surface area contributed by atoms with Gasteiger partial charge in [0, 0.05) is 0 Å². The smallest absolute Gasteiger partial charge is 0.219 e. The van der Waals surface area contributed by atoms with Gasteiger partial charge in [-0.3, -0.25) is 0 Å². The van der Waals surface area contributed by atoms with Crippen LogP contribution in [0.3, 0.4) is 0 Å². The highest BCUT2D eigenvalue weighted by Crippen LogP contribution is 2.31. The van der Waals surface area contributed by atoms with Crippen LogP contribution in [0.5, 0.6) is 0 Å². The van der Waals surface area contributed by atoms with Crippen LogP contribution in [0.1, 0.15) is 56.2 Å². The molecule has 0 unspecified atom stereocenters. The van der Waals surface area contributed by atoms with E-state index in [9.17, 15) is 0 Å². The third-order valence-corrected chi connectivity index (χ3v) is 6.47. The molecule has 0 aliphatic carbocycles. The van der Waals surface area contributed by atoms with Crippen molar-refractivity contribution in [2.24, 2.45) is 0 Å². The molecule has 94 valence electrons. The molecular weight excluding hydrogens is 224 g/mol. The molecule has 0 atom stereocenters. The van der Waals surface area contributed by atoms with Gasteiger partial charge in [-0.1, -0.05) is 39.8 Å². The Kier molecular flexibility index (Phi) is 3.21. The topological polar surface area (TPSA) is 9.23 Å². The molecule has 1 heterocycles. The maximum atomic E-state index is 6.13. The van der Waals surface area contributed by atoms with Gasteiger partial charge in [-0.05, 0) is 46.8 Å². The van der Waals surface area contributed by atoms with Gasteiger partial charge in [0.2, 0.25) is 8.32 Å². The summed E-state index contributed by atoms with van der Waals surface area (Å²) in [6.45, 7) is 14.6. The zero-order chi connectivity index (χ0) is 12.8. The molecule has 17 heavy (non-hydrogen) atoms. The Morgan fingerprint density at radius 2 is 1.53 bits per heavy atom. The summed E-state index contributed by atoms with van der Waals surface area (Å²) in [6, 6.07) is 4.65. The van der Waals surface area contributed by atoms with E-state index in [4.69, 9.17) is 4.43 Å². The summed E-state index contributed by atoms with van der Waals surface area (Å²) < 4.78 is 6.13. The van der Waals surface area contributed by atoms with E-state index >= 15 is 0 Å². The van der Waals surface area contributed by atoms with Crippen molar-refractivity contribution in [1.82, 2.24) is 0 Å². The SMILES string of the molecule is CC(C)c1ccc(C(C)C)c2c1CO[Si]2(C)C. The quantitative estimate of drug-likeness (QED) is 0.722. The van der Waals surface area contributed by atoms with Crippen LogP contribution in [0.4, 0.5) is 0 Å². The lowest BCUT2D eigenvalue weighted by Crippen LogP contribution is -2.42. The largest absolute Gasteiger partial charge is 0.409 e. The third kappa shape index (κ3) is 2.09. The molecule has 1 aromatic carbocycles. The van der Waals surface area contributed by atoms with E-state index < -0.39 is 8.32 Å². The van der Waals surface area contributed by atoms with Crippen molar-refractivity contribution in [3.63, 3.8) is 0 Å². The standard InChI is InChI=1S/C15H24OSi/c1-10(2)12-7-8-13(11(3)4)15-14(12)9-16-17(15,5)6/h7-8,10-11H,9H2,1-6H3. The van der Waals surface area contributed by atoms with Crippen LogP contribution in [-0.4, -0.2) is 8.32 Å². The molecule has 2 heteroatoms. The Balaban J connectivity index is 2.67. The Hall–Kier alpha value is -0.603. The molecule has 0 N–H and O–H groups in total. The minimum atomic E-state index is -1.65. The molecule has 1 aromatic rings. The molecule has 0 bridgehead atoms. The lowest BCUT2D eigenvalue weighted by molar-refractivity contribution is 0.318. The van der Waals surface area contributed by atoms with E-state index in [0.717, 1.165) is 6.61 Å². The van der Waals surface area contributed by atoms with E-state index in [1.165, 1.54) is 16.7 Å². The second-order valence-electron chi connectivity index (χ2n) is 6.21. The van der Waals surface area contributed by atoms with E-state index in [-0.39, 0.29) is 0 Å². The van der Waals surface area contributed by atoms with Crippen LogP contribution in [0.15, 0.2) is 12.1 Å². The van der Waals surface area contributed by atoms with Crippen molar-refractivity contribution >= 4 is 13.5 Å². The van der Waals surface area contributed by atoms with Crippen LogP contribution in [0, 0.1) is 0 Å². The summed E-state index contributed by atoms with van der Waals surface area (Å²) in [5.74, 6) is 1.19. The highest BCUT2D eigenvalue weighted by Gasteiger charge is 2.38. The molecule has 1 aliphatic rings. The molecule has 1 aliphatic heterocycles. The van der Waals surface area contributed by atoms with Crippen molar-refractivity contribution in [3.05, 3.63) is 28.8 Å². The molecule has 1 nitrogen and oxygen atoms in total. The van der Waals surface area contributed by atoms with E-state index in [1.807, 2.05) is 0 Å². The van der Waals surface area contributed by atoms with Crippen LogP contribution in [0.2, 0.25) is 13.1 Å². The van der Waals surface area contributed by atoms with Gasteiger partial charge in [-0.15, -0.1) is 0 Å². The molecule has 0 saturated carbocycles. The third-order valence-electron chi connectivity index (χ3n) is 3.80. The summed E-state index contributed by atoms with van der Waals surface area (Å²) in [5, 5.41) is 1.58. The first-order valence-corrected chi connectivity index (χ1v) is 9.55. The average molecular weight is 248 g/mol. The van der Waals surface area contributed by atoms with Crippen molar-refractivity contribution in [3.8, 4) is 0 Å². The minimum absolute atomic E-state index is 0.594. The molecular formula is C15H24OSi. The van der Waals surface area contributed by atoms with Crippen LogP contribution >= 0.6 is 0 Å². The Labute approximate surface area is 106 Å². The highest BCUT2D eigenvalue weighted by atomic mass is 28.4. The summed E-state index contributed by atoms with van der Waals surface area (Å²) in [7, 11) is -1.65. The predicted molar refractivity (Wildman–Crippen MR) is 76.5 cm³/mol. The fourth-order valence-corrected chi connectivity index (χ4v) is 5.56. The van der Waals surface area contributed by atoms with Crippen molar-refractivity contribution in [2.45, 2.75) is 59.2 Å². The second-order valence-corrected chi connectivity index (χ2v) is 10.0. The second kappa shape index (κ2) is 4.25. The summed E-state index contributed by atoms with van der Waals surface area (Å²) in [6.07, 6.45) is 0. The summed E-state index contributed by atoms with van der Waals surface area (Å²) >= 11 is 0. The first-order valence-electron chi connectivity index (χ1n) is 6.64. The Bertz CT molecular complexity index is 433. The molecule has 0 saturated heterocycles. The zero-order valence-electron chi connectivity index (χ0n) is 11.9. The van der Waals surface area contributed by atoms with Gasteiger partial charge in [-0.2, -0.15) is 0 Å². The van der Waals surface area contributed by atoms with E-state index in [2.05, 4.69) is 52.9 Å². The number of rotatable bonds is 2. The Morgan fingerprint density at radius 1 is 1.00 bits per heavy atom. The van der Waals surface area contributed by atoms with E-state index in [1.54, 1.807) is 5.19 Å². The molecule has 0 aromatic heterocycles. The Morgan fingerprint density at radius 3 is 2.06 bits per heavy atom. The number of hydrogen-bond donors (Lipinski definition) is 0. The van der Waals surface area contributed by atoms with Crippen molar-refractivity contribution < 1.29 is 4.43 Å². The number of hydrogen-bond acceptors (Lipinski definition) is 1. The average Bonchev–Trinajstić information content (AvgIpc) is 2.54. The minimum Gasteiger partial charge on any atom is -0.409 e. The van der Waals surface area contributed by atoms with Gasteiger partial charge in [0.1, 0.15) is 0 Å². The van der Waals surface area contributed by atoms with E-state index in [0.29, 0.717) is 11.8 Å². The lowest BCUT2D eigenvalue weighted by atomic mass is 9.92. The molecule has 0 amide bonds. The number of fused-ring (bicyclic) bond motifs is 1. The lowest BCUT2D eigenvalue weighted by Gasteiger charge is -2.22. The fourth-order valence-electron chi connectivity index (χ4n) is 2.90. The maximum absolute atomic E-state index is 6.13. The zero-order valence-corrected chi connectivity index (χ0v) is 12.9. The van der Waals surface area contributed by atoms with Crippen molar-refractivity contribution in [2.75, 3.05) is 0 Å². The maximum Gasteiger partial charge on any atom is 0.219 e. The molecule has 0 fully saturated rings. The van der Waals surface area contributed by atoms with Crippen LogP contribution in [0.25, 0.3) is 0 Å². The van der Waals surface area contributed by atoms with Gasteiger partial charge in [-0.25, -0.2) is 0 Å². The molecule has 0 spiro atoms. The van der Waals surface area contributed by atoms with Gasteiger partial charge >= 0.3 is 0 Å². The highest BCUT2D eigenvalue weighted by molar-refractivity contribution is 6.85. The summed E-state index contributed by atoms with van der Waals surface area (Å²) in [5.41, 5.74) is 4.50. The first kappa shape index (κ1) is 12.8. The fraction of sp³-hybridized carbons (Fsp3) is 0.600. The predicted octanol–water partition coefficient (Wildman–Crippen LogP) is 3.88. The monoisotopic (exact) mass is 248 g/mol. The number of benzene rings is 1. The van der Waals surface area contributed by atoms with Gasteiger partial charge < -0.3 is 4.43 Å². The van der Waals surface area contributed by atoms with Crippen LogP contribution < -0.4 is 5.19 Å². The summed E-state index contributed by atoms with van der Waals surface area (Å²) in [4.78, 5) is 0. The first-order chi connectivity index (χ1) is 7.84. The van der Waals surface area contributed by atoms with Gasteiger partial charge in [0.15, 0.2) is 0 Å². The molecule has 2 rings (SSSR count). The van der Waals surface area contributed by atoms with Crippen molar-refractivity contribution in [1.29, 1.82) is 0 Å². The van der Waals surface area contributed by atoms with Gasteiger partial charge in [0.05, 0.1) is 6.61 Å². The van der Waals surface area contributed by atoms with Gasteiger partial charge in [0.25, 0.3) is 0 Å². The normalized spacial score (nSPS) is 17.9. The van der Waals surface area contributed by atoms with Crippen LogP contribution in [-0.2, 0) is 11.0 Å². The molecule has 0 radical (unpaired) electrons.